The average Bonchev–Trinajstić information content (AvgIpc) is 2.29. The molecule has 2 N–H and O–H groups in total. The summed E-state index contributed by atoms with van der Waals surface area (Å²) in [7, 11) is 0. The Morgan fingerprint density at radius 1 is 1.31 bits per heavy atom. The fraction of sp³-hybridized carbons (Fsp3) is 0.462. The van der Waals surface area contributed by atoms with Crippen molar-refractivity contribution < 1.29 is 5.11 Å². The van der Waals surface area contributed by atoms with Crippen LogP contribution in [0, 0.1) is 11.3 Å². The van der Waals surface area contributed by atoms with E-state index in [0.717, 1.165) is 12.0 Å². The normalized spacial score (nSPS) is 14.1. The molecule has 0 aliphatic heterocycles. The molecule has 0 radical (unpaired) electrons. The van der Waals surface area contributed by atoms with Crippen molar-refractivity contribution in [3.05, 3.63) is 35.4 Å². The highest BCUT2D eigenvalue weighted by Gasteiger charge is 2.08. The number of nitrogens with one attached hydrogen (secondary N) is 1. The average molecular weight is 218 g/mol. The van der Waals surface area contributed by atoms with Gasteiger partial charge in [-0.05, 0) is 38.0 Å². The van der Waals surface area contributed by atoms with Crippen LogP contribution >= 0.6 is 0 Å². The summed E-state index contributed by atoms with van der Waals surface area (Å²) in [4.78, 5) is 0. The first-order valence-electron chi connectivity index (χ1n) is 5.54. The largest absolute Gasteiger partial charge is 0.396 e. The van der Waals surface area contributed by atoms with Crippen molar-refractivity contribution in [2.75, 3.05) is 6.61 Å². The zero-order valence-corrected chi connectivity index (χ0v) is 9.77. The zero-order chi connectivity index (χ0) is 12.0. The molecule has 0 heterocycles. The lowest BCUT2D eigenvalue weighted by atomic mass is 10.1. The molecule has 0 aliphatic carbocycles. The van der Waals surface area contributed by atoms with Gasteiger partial charge in [0.05, 0.1) is 11.6 Å². The van der Waals surface area contributed by atoms with Gasteiger partial charge >= 0.3 is 0 Å². The first kappa shape index (κ1) is 12.7. The molecular formula is C13H18N2O. The van der Waals surface area contributed by atoms with E-state index in [1.807, 2.05) is 24.3 Å². The van der Waals surface area contributed by atoms with Gasteiger partial charge in [0.15, 0.2) is 0 Å². The van der Waals surface area contributed by atoms with Crippen LogP contribution in [-0.4, -0.2) is 17.8 Å². The second-order valence-electron chi connectivity index (χ2n) is 4.04. The van der Waals surface area contributed by atoms with E-state index in [0.29, 0.717) is 5.56 Å². The molecule has 0 bridgehead atoms. The maximum atomic E-state index is 8.81. The summed E-state index contributed by atoms with van der Waals surface area (Å²) in [5.74, 6) is 0. The molecule has 3 nitrogen and oxygen atoms in total. The second-order valence-corrected chi connectivity index (χ2v) is 4.04. The summed E-state index contributed by atoms with van der Waals surface area (Å²) in [5, 5.41) is 20.9. The lowest BCUT2D eigenvalue weighted by Crippen LogP contribution is -2.29. The number of rotatable bonds is 5. The molecule has 0 fully saturated rings. The number of hydrogen-bond acceptors (Lipinski definition) is 3. The lowest BCUT2D eigenvalue weighted by molar-refractivity contribution is 0.264. The first-order valence-corrected chi connectivity index (χ1v) is 5.54. The maximum Gasteiger partial charge on any atom is 0.0991 e. The van der Waals surface area contributed by atoms with Crippen molar-refractivity contribution in [1.82, 2.24) is 5.32 Å². The molecule has 3 heteroatoms. The van der Waals surface area contributed by atoms with E-state index >= 15 is 0 Å². The Bertz CT molecular complexity index is 353. The highest BCUT2D eigenvalue weighted by molar-refractivity contribution is 5.32. The monoisotopic (exact) mass is 218 g/mol. The van der Waals surface area contributed by atoms with E-state index in [9.17, 15) is 0 Å². The fourth-order valence-electron chi connectivity index (χ4n) is 1.65. The van der Waals surface area contributed by atoms with Crippen LogP contribution in [0.1, 0.15) is 37.4 Å². The number of benzene rings is 1. The molecule has 0 saturated carbocycles. The molecule has 2 atom stereocenters. The van der Waals surface area contributed by atoms with Gasteiger partial charge in [-0.3, -0.25) is 0 Å². The minimum Gasteiger partial charge on any atom is -0.396 e. The van der Waals surface area contributed by atoms with Gasteiger partial charge in [-0.2, -0.15) is 5.26 Å². The van der Waals surface area contributed by atoms with Crippen LogP contribution in [-0.2, 0) is 0 Å². The highest BCUT2D eigenvalue weighted by Crippen LogP contribution is 2.14. The van der Waals surface area contributed by atoms with E-state index in [4.69, 9.17) is 10.4 Å². The van der Waals surface area contributed by atoms with Gasteiger partial charge in [0.2, 0.25) is 0 Å². The quantitative estimate of drug-likeness (QED) is 0.794. The Morgan fingerprint density at radius 2 is 1.94 bits per heavy atom. The molecule has 1 aromatic carbocycles. The van der Waals surface area contributed by atoms with Crippen LogP contribution in [0.3, 0.4) is 0 Å². The van der Waals surface area contributed by atoms with Gasteiger partial charge in [-0.15, -0.1) is 0 Å². The van der Waals surface area contributed by atoms with Crippen LogP contribution in [0.4, 0.5) is 0 Å². The predicted octanol–water partition coefficient (Wildman–Crippen LogP) is 1.98. The van der Waals surface area contributed by atoms with E-state index in [1.165, 1.54) is 0 Å². The summed E-state index contributed by atoms with van der Waals surface area (Å²) in [6, 6.07) is 10.2. The molecule has 1 rings (SSSR count). The third kappa shape index (κ3) is 3.65. The van der Waals surface area contributed by atoms with Crippen molar-refractivity contribution >= 4 is 0 Å². The molecule has 0 spiro atoms. The minimum atomic E-state index is 0.203. The number of nitrogens with zero attached hydrogens (tertiary/aromatic N) is 1. The van der Waals surface area contributed by atoms with Crippen LogP contribution < -0.4 is 5.32 Å². The van der Waals surface area contributed by atoms with Crippen molar-refractivity contribution in [2.24, 2.45) is 0 Å². The number of aliphatic hydroxyl groups is 1. The molecular weight excluding hydrogens is 200 g/mol. The van der Waals surface area contributed by atoms with Crippen molar-refractivity contribution in [3.63, 3.8) is 0 Å². The fourth-order valence-corrected chi connectivity index (χ4v) is 1.65. The van der Waals surface area contributed by atoms with Gasteiger partial charge < -0.3 is 10.4 Å². The van der Waals surface area contributed by atoms with Gasteiger partial charge in [0.1, 0.15) is 0 Å². The first-order chi connectivity index (χ1) is 7.67. The van der Waals surface area contributed by atoms with Crippen molar-refractivity contribution in [3.8, 4) is 6.07 Å². The van der Waals surface area contributed by atoms with Gasteiger partial charge in [-0.25, -0.2) is 0 Å². The molecule has 86 valence electrons. The molecule has 0 aliphatic rings. The Kier molecular flexibility index (Phi) is 4.97. The second kappa shape index (κ2) is 6.26. The Hall–Kier alpha value is -1.37. The van der Waals surface area contributed by atoms with Crippen LogP contribution in [0.15, 0.2) is 24.3 Å². The Labute approximate surface area is 96.7 Å². The van der Waals surface area contributed by atoms with Gasteiger partial charge in [0.25, 0.3) is 0 Å². The predicted molar refractivity (Wildman–Crippen MR) is 63.9 cm³/mol. The van der Waals surface area contributed by atoms with E-state index in [-0.39, 0.29) is 18.7 Å². The Balaban J connectivity index is 2.59. The molecule has 16 heavy (non-hydrogen) atoms. The summed E-state index contributed by atoms with van der Waals surface area (Å²) in [6.07, 6.45) is 0.751. The summed E-state index contributed by atoms with van der Waals surface area (Å²) < 4.78 is 0. The van der Waals surface area contributed by atoms with E-state index in [2.05, 4.69) is 25.2 Å². The van der Waals surface area contributed by atoms with Crippen molar-refractivity contribution in [2.45, 2.75) is 32.4 Å². The smallest absolute Gasteiger partial charge is 0.0991 e. The molecule has 1 aromatic rings. The number of nitriles is 1. The minimum absolute atomic E-state index is 0.203. The van der Waals surface area contributed by atoms with Crippen LogP contribution in [0.25, 0.3) is 0 Å². The lowest BCUT2D eigenvalue weighted by Gasteiger charge is -2.19. The van der Waals surface area contributed by atoms with Crippen LogP contribution in [0.2, 0.25) is 0 Å². The van der Waals surface area contributed by atoms with Gasteiger partial charge in [-0.1, -0.05) is 12.1 Å². The highest BCUT2D eigenvalue weighted by atomic mass is 16.3. The number of aliphatic hydroxyl groups excluding tert-OH is 1. The van der Waals surface area contributed by atoms with E-state index in [1.54, 1.807) is 0 Å². The third-order valence-electron chi connectivity index (χ3n) is 2.64. The van der Waals surface area contributed by atoms with Gasteiger partial charge in [0, 0.05) is 18.7 Å². The zero-order valence-electron chi connectivity index (χ0n) is 9.77. The molecule has 0 amide bonds. The van der Waals surface area contributed by atoms with E-state index < -0.39 is 0 Å². The summed E-state index contributed by atoms with van der Waals surface area (Å²) in [6.45, 7) is 4.33. The van der Waals surface area contributed by atoms with Crippen molar-refractivity contribution in [1.29, 1.82) is 5.26 Å². The SMILES string of the molecule is CC(CCO)NC(C)c1ccc(C#N)cc1. The standard InChI is InChI=1S/C13H18N2O/c1-10(7-8-16)15-11(2)13-5-3-12(9-14)4-6-13/h3-6,10-11,15-16H,7-8H2,1-2H3. The third-order valence-corrected chi connectivity index (χ3v) is 2.64. The Morgan fingerprint density at radius 3 is 2.44 bits per heavy atom. The van der Waals surface area contributed by atoms with Crippen LogP contribution in [0.5, 0.6) is 0 Å². The molecule has 0 aromatic heterocycles. The summed E-state index contributed by atoms with van der Waals surface area (Å²) >= 11 is 0. The summed E-state index contributed by atoms with van der Waals surface area (Å²) in [5.41, 5.74) is 1.84. The topological polar surface area (TPSA) is 56.0 Å². The molecule has 2 unspecified atom stereocenters. The molecule has 0 saturated heterocycles. The maximum absolute atomic E-state index is 8.81. The number of hydrogen-bond donors (Lipinski definition) is 2.